The third-order valence-electron chi connectivity index (χ3n) is 5.56. The predicted molar refractivity (Wildman–Crippen MR) is 94.4 cm³/mol. The van der Waals surface area contributed by atoms with Crippen molar-refractivity contribution in [2.24, 2.45) is 0 Å². The van der Waals surface area contributed by atoms with Gasteiger partial charge >= 0.3 is 0 Å². The average Bonchev–Trinajstić information content (AvgIpc) is 2.57. The number of rotatable bonds is 3. The van der Waals surface area contributed by atoms with Crippen LogP contribution in [0.4, 0.5) is 0 Å². The molecule has 0 saturated carbocycles. The minimum Gasteiger partial charge on any atom is -0.393 e. The van der Waals surface area contributed by atoms with Crippen LogP contribution in [0.25, 0.3) is 11.4 Å². The standard InChI is InChI=1S/C20H25N3O/c1-14-5-2-3-8-19(14)20-21-11-15(12-22-20)13-23-16-6-4-7-17(23)10-18(24)9-16/h2-3,5,8,11-12,16-18,24H,4,6-7,9-10,13H2,1H3/t16-,17+,18?. The lowest BCUT2D eigenvalue weighted by atomic mass is 9.83. The molecule has 2 fully saturated rings. The van der Waals surface area contributed by atoms with Gasteiger partial charge in [0.1, 0.15) is 0 Å². The third-order valence-corrected chi connectivity index (χ3v) is 5.56. The fourth-order valence-corrected chi connectivity index (χ4v) is 4.32. The van der Waals surface area contributed by atoms with E-state index in [1.807, 2.05) is 24.5 Å². The van der Waals surface area contributed by atoms with Crippen LogP contribution in [0.1, 0.15) is 43.2 Å². The minimum atomic E-state index is -0.115. The summed E-state index contributed by atoms with van der Waals surface area (Å²) in [7, 11) is 0. The molecule has 0 aliphatic carbocycles. The summed E-state index contributed by atoms with van der Waals surface area (Å²) in [6, 6.07) is 9.26. The summed E-state index contributed by atoms with van der Waals surface area (Å²) < 4.78 is 0. The van der Waals surface area contributed by atoms with Crippen molar-refractivity contribution in [1.82, 2.24) is 14.9 Å². The molecule has 2 aliphatic heterocycles. The molecular formula is C20H25N3O. The number of aromatic nitrogens is 2. The maximum absolute atomic E-state index is 10.0. The zero-order valence-electron chi connectivity index (χ0n) is 14.2. The van der Waals surface area contributed by atoms with Crippen LogP contribution in [0, 0.1) is 6.92 Å². The van der Waals surface area contributed by atoms with E-state index in [9.17, 15) is 5.11 Å². The fourth-order valence-electron chi connectivity index (χ4n) is 4.32. The van der Waals surface area contributed by atoms with Crippen molar-refractivity contribution in [3.8, 4) is 11.4 Å². The Bertz CT molecular complexity index is 686. The number of aryl methyl sites for hydroxylation is 1. The number of hydrogen-bond acceptors (Lipinski definition) is 4. The molecule has 126 valence electrons. The van der Waals surface area contributed by atoms with Crippen LogP contribution in [0.3, 0.4) is 0 Å². The van der Waals surface area contributed by atoms with Crippen LogP contribution in [0.15, 0.2) is 36.7 Å². The van der Waals surface area contributed by atoms with Gasteiger partial charge in [-0.25, -0.2) is 9.97 Å². The van der Waals surface area contributed by atoms with Gasteiger partial charge in [0.15, 0.2) is 5.82 Å². The van der Waals surface area contributed by atoms with Crippen LogP contribution in [0.2, 0.25) is 0 Å². The Morgan fingerprint density at radius 3 is 2.42 bits per heavy atom. The molecule has 1 N–H and O–H groups in total. The van der Waals surface area contributed by atoms with Gasteiger partial charge in [-0.05, 0) is 38.2 Å². The van der Waals surface area contributed by atoms with E-state index < -0.39 is 0 Å². The van der Waals surface area contributed by atoms with Crippen molar-refractivity contribution in [3.05, 3.63) is 47.8 Å². The Morgan fingerprint density at radius 1 is 1.08 bits per heavy atom. The molecule has 0 amide bonds. The van der Waals surface area contributed by atoms with Crippen LogP contribution in [-0.4, -0.2) is 38.2 Å². The Labute approximate surface area is 143 Å². The third kappa shape index (κ3) is 3.08. The monoisotopic (exact) mass is 323 g/mol. The van der Waals surface area contributed by atoms with E-state index in [1.165, 1.54) is 30.4 Å². The predicted octanol–water partition coefficient (Wildman–Crippen LogP) is 3.33. The lowest BCUT2D eigenvalue weighted by molar-refractivity contribution is -0.0313. The quantitative estimate of drug-likeness (QED) is 0.941. The molecule has 1 aromatic heterocycles. The van der Waals surface area contributed by atoms with Crippen molar-refractivity contribution in [2.45, 2.75) is 63.8 Å². The SMILES string of the molecule is Cc1ccccc1-c1ncc(CN2[C@@H]3CCC[C@H]2CC(O)C3)cn1. The Hall–Kier alpha value is -1.78. The molecule has 2 aliphatic rings. The molecule has 4 nitrogen and oxygen atoms in total. The molecule has 24 heavy (non-hydrogen) atoms. The highest BCUT2D eigenvalue weighted by molar-refractivity contribution is 5.59. The summed E-state index contributed by atoms with van der Waals surface area (Å²) in [5, 5.41) is 10.0. The average molecular weight is 323 g/mol. The largest absolute Gasteiger partial charge is 0.393 e. The molecule has 3 atom stereocenters. The second-order valence-corrected chi connectivity index (χ2v) is 7.27. The van der Waals surface area contributed by atoms with E-state index in [-0.39, 0.29) is 6.10 Å². The Kier molecular flexibility index (Phi) is 4.33. The van der Waals surface area contributed by atoms with Gasteiger partial charge in [0.2, 0.25) is 0 Å². The zero-order chi connectivity index (χ0) is 16.5. The molecule has 3 heterocycles. The number of fused-ring (bicyclic) bond motifs is 2. The van der Waals surface area contributed by atoms with Gasteiger partial charge in [0, 0.05) is 42.1 Å². The molecule has 4 rings (SSSR count). The molecule has 4 heteroatoms. The summed E-state index contributed by atoms with van der Waals surface area (Å²) in [5.74, 6) is 0.797. The van der Waals surface area contributed by atoms with Crippen LogP contribution in [0.5, 0.6) is 0 Å². The second kappa shape index (κ2) is 6.61. The van der Waals surface area contributed by atoms with Crippen molar-refractivity contribution in [1.29, 1.82) is 0 Å². The Morgan fingerprint density at radius 2 is 1.75 bits per heavy atom. The van der Waals surface area contributed by atoms with Gasteiger partial charge in [0.25, 0.3) is 0 Å². The summed E-state index contributed by atoms with van der Waals surface area (Å²) in [5.41, 5.74) is 3.47. The van der Waals surface area contributed by atoms with Gasteiger partial charge in [-0.1, -0.05) is 30.7 Å². The molecule has 2 saturated heterocycles. The van der Waals surface area contributed by atoms with Crippen molar-refractivity contribution >= 4 is 0 Å². The number of aliphatic hydroxyl groups excluding tert-OH is 1. The van der Waals surface area contributed by atoms with Crippen LogP contribution >= 0.6 is 0 Å². The first-order valence-electron chi connectivity index (χ1n) is 9.01. The smallest absolute Gasteiger partial charge is 0.159 e. The van der Waals surface area contributed by atoms with Gasteiger partial charge in [-0.15, -0.1) is 0 Å². The zero-order valence-corrected chi connectivity index (χ0v) is 14.2. The van der Waals surface area contributed by atoms with Gasteiger partial charge in [0.05, 0.1) is 6.10 Å². The summed E-state index contributed by atoms with van der Waals surface area (Å²) in [4.78, 5) is 11.8. The van der Waals surface area contributed by atoms with Crippen LogP contribution in [-0.2, 0) is 6.54 Å². The highest BCUT2D eigenvalue weighted by Gasteiger charge is 2.37. The van der Waals surface area contributed by atoms with Gasteiger partial charge < -0.3 is 5.11 Å². The van der Waals surface area contributed by atoms with E-state index in [1.54, 1.807) is 0 Å². The fraction of sp³-hybridized carbons (Fsp3) is 0.500. The number of piperidine rings is 2. The number of aliphatic hydroxyl groups is 1. The highest BCUT2D eigenvalue weighted by atomic mass is 16.3. The lowest BCUT2D eigenvalue weighted by Crippen LogP contribution is -2.52. The maximum Gasteiger partial charge on any atom is 0.159 e. The maximum atomic E-state index is 10.0. The van der Waals surface area contributed by atoms with E-state index in [0.717, 1.165) is 30.8 Å². The van der Waals surface area contributed by atoms with E-state index in [0.29, 0.717) is 12.1 Å². The Balaban J connectivity index is 1.51. The normalized spacial score (nSPS) is 27.2. The first-order valence-corrected chi connectivity index (χ1v) is 9.01. The van der Waals surface area contributed by atoms with E-state index in [2.05, 4.69) is 33.9 Å². The number of nitrogens with zero attached hydrogens (tertiary/aromatic N) is 3. The molecule has 0 spiro atoms. The highest BCUT2D eigenvalue weighted by Crippen LogP contribution is 2.35. The molecule has 0 radical (unpaired) electrons. The first-order chi connectivity index (χ1) is 11.7. The molecular weight excluding hydrogens is 298 g/mol. The summed E-state index contributed by atoms with van der Waals surface area (Å²) in [6.45, 7) is 2.99. The van der Waals surface area contributed by atoms with Crippen molar-refractivity contribution in [3.63, 3.8) is 0 Å². The number of benzene rings is 1. The lowest BCUT2D eigenvalue weighted by Gasteiger charge is -2.47. The second-order valence-electron chi connectivity index (χ2n) is 7.27. The molecule has 2 bridgehead atoms. The number of hydrogen-bond donors (Lipinski definition) is 1. The van der Waals surface area contributed by atoms with Gasteiger partial charge in [-0.3, -0.25) is 4.90 Å². The molecule has 1 unspecified atom stereocenters. The topological polar surface area (TPSA) is 49.2 Å². The van der Waals surface area contributed by atoms with Crippen LogP contribution < -0.4 is 0 Å². The van der Waals surface area contributed by atoms with Gasteiger partial charge in [-0.2, -0.15) is 0 Å². The van der Waals surface area contributed by atoms with E-state index >= 15 is 0 Å². The first kappa shape index (κ1) is 15.7. The molecule has 2 aromatic rings. The minimum absolute atomic E-state index is 0.115. The van der Waals surface area contributed by atoms with E-state index in [4.69, 9.17) is 0 Å². The summed E-state index contributed by atoms with van der Waals surface area (Å²) in [6.07, 6.45) is 9.35. The van der Waals surface area contributed by atoms with Crippen molar-refractivity contribution < 1.29 is 5.11 Å². The summed E-state index contributed by atoms with van der Waals surface area (Å²) >= 11 is 0. The molecule has 1 aromatic carbocycles. The van der Waals surface area contributed by atoms with Crippen molar-refractivity contribution in [2.75, 3.05) is 0 Å².